The highest BCUT2D eigenvalue weighted by molar-refractivity contribution is 7.39. The standard InChI is InChI=1S/C8H17N2O3P.ClH/c11-14(9-1-5-12-6-2-9)10-3-7-13-8-4-10;/h14H,1-8H2;1H. The van der Waals surface area contributed by atoms with Gasteiger partial charge in [-0.2, -0.15) is 0 Å². The maximum atomic E-state index is 12.1. The second-order valence-electron chi connectivity index (χ2n) is 3.48. The van der Waals surface area contributed by atoms with Crippen LogP contribution in [0, 0.1) is 0 Å². The van der Waals surface area contributed by atoms with E-state index in [1.165, 1.54) is 0 Å². The molecule has 0 saturated carbocycles. The van der Waals surface area contributed by atoms with Crippen LogP contribution < -0.4 is 0 Å². The minimum absolute atomic E-state index is 0. The van der Waals surface area contributed by atoms with Crippen LogP contribution in [0.4, 0.5) is 0 Å². The second-order valence-corrected chi connectivity index (χ2v) is 5.31. The fraction of sp³-hybridized carbons (Fsp3) is 1.00. The average molecular weight is 257 g/mol. The maximum Gasteiger partial charge on any atom is 0.205 e. The lowest BCUT2D eigenvalue weighted by Gasteiger charge is -2.33. The summed E-state index contributed by atoms with van der Waals surface area (Å²) in [6.07, 6.45) is 0. The van der Waals surface area contributed by atoms with Crippen LogP contribution in [-0.2, 0) is 14.0 Å². The lowest BCUT2D eigenvalue weighted by Crippen LogP contribution is -2.38. The fourth-order valence-electron chi connectivity index (χ4n) is 1.71. The van der Waals surface area contributed by atoms with Gasteiger partial charge in [-0.25, -0.2) is 9.34 Å². The molecule has 0 aromatic carbocycles. The molecule has 5 nitrogen and oxygen atoms in total. The topological polar surface area (TPSA) is 42.0 Å². The molecule has 15 heavy (non-hydrogen) atoms. The Morgan fingerprint density at radius 1 is 0.800 bits per heavy atom. The Kier molecular flexibility index (Phi) is 6.12. The molecule has 0 spiro atoms. The molecule has 2 fully saturated rings. The first-order valence-electron chi connectivity index (χ1n) is 5.07. The first-order valence-corrected chi connectivity index (χ1v) is 6.37. The predicted octanol–water partition coefficient (Wildman–Crippen LogP) is 0.462. The summed E-state index contributed by atoms with van der Waals surface area (Å²) in [5.41, 5.74) is 0. The number of rotatable bonds is 2. The second kappa shape index (κ2) is 6.84. The molecule has 0 N–H and O–H groups in total. The van der Waals surface area contributed by atoms with E-state index >= 15 is 0 Å². The quantitative estimate of drug-likeness (QED) is 0.672. The van der Waals surface area contributed by atoms with E-state index in [-0.39, 0.29) is 12.4 Å². The van der Waals surface area contributed by atoms with Gasteiger partial charge in [0.25, 0.3) is 0 Å². The summed E-state index contributed by atoms with van der Waals surface area (Å²) >= 11 is 0. The van der Waals surface area contributed by atoms with E-state index in [9.17, 15) is 4.57 Å². The zero-order chi connectivity index (χ0) is 9.80. The van der Waals surface area contributed by atoms with Gasteiger partial charge in [0, 0.05) is 26.2 Å². The Balaban J connectivity index is 0.00000112. The number of halogens is 1. The Morgan fingerprint density at radius 2 is 1.13 bits per heavy atom. The van der Waals surface area contributed by atoms with Crippen LogP contribution in [0.3, 0.4) is 0 Å². The van der Waals surface area contributed by atoms with Crippen molar-refractivity contribution >= 4 is 20.5 Å². The molecule has 90 valence electrons. The van der Waals surface area contributed by atoms with Crippen molar-refractivity contribution in [3.05, 3.63) is 0 Å². The van der Waals surface area contributed by atoms with E-state index in [1.807, 2.05) is 9.34 Å². The van der Waals surface area contributed by atoms with Gasteiger partial charge in [0.2, 0.25) is 8.10 Å². The van der Waals surface area contributed by atoms with Crippen molar-refractivity contribution in [2.45, 2.75) is 0 Å². The van der Waals surface area contributed by atoms with Crippen LogP contribution in [0.25, 0.3) is 0 Å². The third-order valence-electron chi connectivity index (χ3n) is 2.56. The van der Waals surface area contributed by atoms with E-state index in [2.05, 4.69) is 0 Å². The van der Waals surface area contributed by atoms with Crippen LogP contribution in [0.15, 0.2) is 0 Å². The third-order valence-corrected chi connectivity index (χ3v) is 4.54. The Labute approximate surface area is 97.0 Å². The van der Waals surface area contributed by atoms with Crippen LogP contribution in [0.2, 0.25) is 0 Å². The van der Waals surface area contributed by atoms with Crippen molar-refractivity contribution in [2.75, 3.05) is 52.6 Å². The van der Waals surface area contributed by atoms with E-state index < -0.39 is 8.10 Å². The van der Waals surface area contributed by atoms with Crippen molar-refractivity contribution in [3.63, 3.8) is 0 Å². The molecule has 0 atom stereocenters. The van der Waals surface area contributed by atoms with Gasteiger partial charge in [0.1, 0.15) is 0 Å². The fourth-order valence-corrected chi connectivity index (χ4v) is 3.24. The first kappa shape index (κ1) is 13.4. The van der Waals surface area contributed by atoms with E-state index in [1.54, 1.807) is 0 Å². The highest BCUT2D eigenvalue weighted by Crippen LogP contribution is 2.32. The summed E-state index contributed by atoms with van der Waals surface area (Å²) < 4.78 is 26.6. The van der Waals surface area contributed by atoms with Crippen LogP contribution in [0.5, 0.6) is 0 Å². The van der Waals surface area contributed by atoms with Gasteiger partial charge in [0.15, 0.2) is 0 Å². The molecular formula is C8H18ClN2O3P. The van der Waals surface area contributed by atoms with E-state index in [4.69, 9.17) is 9.47 Å². The summed E-state index contributed by atoms with van der Waals surface area (Å²) in [5, 5.41) is 0. The van der Waals surface area contributed by atoms with Gasteiger partial charge in [-0.15, -0.1) is 12.4 Å². The molecule has 0 aliphatic carbocycles. The summed E-state index contributed by atoms with van der Waals surface area (Å²) in [6.45, 7) is 6.04. The Bertz CT molecular complexity index is 188. The molecule has 0 unspecified atom stereocenters. The maximum absolute atomic E-state index is 12.1. The molecule has 0 aromatic heterocycles. The first-order chi connectivity index (χ1) is 6.88. The zero-order valence-electron chi connectivity index (χ0n) is 8.68. The van der Waals surface area contributed by atoms with E-state index in [0.717, 1.165) is 26.2 Å². The van der Waals surface area contributed by atoms with Crippen LogP contribution >= 0.6 is 20.5 Å². The van der Waals surface area contributed by atoms with E-state index in [0.29, 0.717) is 26.4 Å². The van der Waals surface area contributed by atoms with Gasteiger partial charge in [-0.1, -0.05) is 0 Å². The summed E-state index contributed by atoms with van der Waals surface area (Å²) in [7, 11) is -1.73. The zero-order valence-corrected chi connectivity index (χ0v) is 10.5. The SMILES string of the molecule is Cl.O=[PH](N1CCOCC1)N1CCOCC1. The lowest BCUT2D eigenvalue weighted by molar-refractivity contribution is 0.0560. The molecule has 2 aliphatic heterocycles. The molecule has 2 rings (SSSR count). The number of hydrogen-bond donors (Lipinski definition) is 0. The van der Waals surface area contributed by atoms with Gasteiger partial charge in [0.05, 0.1) is 26.4 Å². The Hall–Kier alpha value is 0.360. The van der Waals surface area contributed by atoms with Gasteiger partial charge < -0.3 is 9.47 Å². The van der Waals surface area contributed by atoms with Crippen molar-refractivity contribution in [3.8, 4) is 0 Å². The number of nitrogens with zero attached hydrogens (tertiary/aromatic N) is 2. The molecule has 2 saturated heterocycles. The number of ether oxygens (including phenoxy) is 2. The monoisotopic (exact) mass is 256 g/mol. The smallest absolute Gasteiger partial charge is 0.205 e. The highest BCUT2D eigenvalue weighted by atomic mass is 35.5. The molecule has 2 heterocycles. The normalized spacial score (nSPS) is 25.1. The number of hydrogen-bond acceptors (Lipinski definition) is 3. The number of morpholine rings is 2. The van der Waals surface area contributed by atoms with Gasteiger partial charge >= 0.3 is 0 Å². The Morgan fingerprint density at radius 3 is 1.47 bits per heavy atom. The lowest BCUT2D eigenvalue weighted by atomic mass is 10.5. The summed E-state index contributed by atoms with van der Waals surface area (Å²) in [4.78, 5) is 0. The minimum atomic E-state index is -1.73. The molecular weight excluding hydrogens is 239 g/mol. The van der Waals surface area contributed by atoms with Gasteiger partial charge in [-0.3, -0.25) is 4.57 Å². The van der Waals surface area contributed by atoms with Gasteiger partial charge in [-0.05, 0) is 0 Å². The third kappa shape index (κ3) is 3.70. The highest BCUT2D eigenvalue weighted by Gasteiger charge is 2.23. The molecule has 0 aromatic rings. The molecule has 0 radical (unpaired) electrons. The van der Waals surface area contributed by atoms with Crippen LogP contribution in [0.1, 0.15) is 0 Å². The molecule has 0 amide bonds. The molecule has 0 bridgehead atoms. The van der Waals surface area contributed by atoms with Crippen molar-refractivity contribution in [2.24, 2.45) is 0 Å². The van der Waals surface area contributed by atoms with Crippen LogP contribution in [-0.4, -0.2) is 61.9 Å². The predicted molar refractivity (Wildman–Crippen MR) is 61.0 cm³/mol. The van der Waals surface area contributed by atoms with Crippen molar-refractivity contribution in [1.29, 1.82) is 0 Å². The van der Waals surface area contributed by atoms with Crippen molar-refractivity contribution < 1.29 is 14.0 Å². The largest absolute Gasteiger partial charge is 0.379 e. The summed E-state index contributed by atoms with van der Waals surface area (Å²) in [5.74, 6) is 0. The summed E-state index contributed by atoms with van der Waals surface area (Å²) in [6, 6.07) is 0. The average Bonchev–Trinajstić information content (AvgIpc) is 2.30. The molecule has 7 heteroatoms. The minimum Gasteiger partial charge on any atom is -0.379 e. The molecule has 2 aliphatic rings. The van der Waals surface area contributed by atoms with Crippen molar-refractivity contribution in [1.82, 2.24) is 9.34 Å².